The fraction of sp³-hybridized carbons (Fsp3) is 0.783. The van der Waals surface area contributed by atoms with E-state index in [-0.39, 0.29) is 31.1 Å². The fourth-order valence-corrected chi connectivity index (χ4v) is 8.00. The van der Waals surface area contributed by atoms with E-state index < -0.39 is 6.10 Å². The summed E-state index contributed by atoms with van der Waals surface area (Å²) in [7, 11) is 0. The first-order valence-corrected chi connectivity index (χ1v) is 28.3. The Kier molecular flexibility index (Phi) is 52.3. The van der Waals surface area contributed by atoms with Crippen molar-refractivity contribution in [3.63, 3.8) is 0 Å². The predicted octanol–water partition coefficient (Wildman–Crippen LogP) is 18.8. The maximum atomic E-state index is 12.8. The first kappa shape index (κ1) is 63.1. The van der Waals surface area contributed by atoms with Gasteiger partial charge in [0, 0.05) is 19.3 Å². The van der Waals surface area contributed by atoms with E-state index in [0.717, 1.165) is 116 Å². The van der Waals surface area contributed by atoms with Crippen molar-refractivity contribution in [1.29, 1.82) is 0 Å². The number of carbonyl (C=O) groups excluding carboxylic acids is 3. The van der Waals surface area contributed by atoms with Gasteiger partial charge >= 0.3 is 17.9 Å². The molecule has 0 rings (SSSR count). The molecule has 0 heterocycles. The van der Waals surface area contributed by atoms with Crippen molar-refractivity contribution < 1.29 is 28.6 Å². The third-order valence-electron chi connectivity index (χ3n) is 12.3. The molecule has 0 aromatic heterocycles. The van der Waals surface area contributed by atoms with Gasteiger partial charge in [0.1, 0.15) is 13.2 Å². The standard InChI is InChI=1S/C60H106O6/c1-4-7-10-13-16-19-22-25-28-29-30-31-33-35-38-41-44-47-50-53-59(62)65-56-57(55-64-58(61)52-49-46-43-40-37-34-27-24-21-18-15-12-9-6-3)66-60(63)54-51-48-45-42-39-36-32-26-23-20-17-14-11-8-5-2/h8,11,15,17-18,20,24,26-27,32,57H,4-7,9-10,12-14,16,19,21-23,25,28-31,33-56H2,1-3H3/b11-8-,18-15-,20-17-,27-24-,32-26-. The second-order valence-electron chi connectivity index (χ2n) is 18.8. The van der Waals surface area contributed by atoms with Crippen LogP contribution in [0.15, 0.2) is 60.8 Å². The van der Waals surface area contributed by atoms with Crippen molar-refractivity contribution in [1.82, 2.24) is 0 Å². The number of hydrogen-bond donors (Lipinski definition) is 0. The number of unbranched alkanes of at least 4 members (excludes halogenated alkanes) is 30. The first-order chi connectivity index (χ1) is 32.5. The molecule has 0 saturated heterocycles. The molecule has 0 bridgehead atoms. The van der Waals surface area contributed by atoms with E-state index in [1.807, 2.05) is 0 Å². The highest BCUT2D eigenvalue weighted by atomic mass is 16.6. The van der Waals surface area contributed by atoms with E-state index in [1.165, 1.54) is 128 Å². The van der Waals surface area contributed by atoms with Gasteiger partial charge in [-0.25, -0.2) is 0 Å². The lowest BCUT2D eigenvalue weighted by Crippen LogP contribution is -2.30. The summed E-state index contributed by atoms with van der Waals surface area (Å²) in [6.07, 6.45) is 67.8. The Morgan fingerprint density at radius 1 is 0.318 bits per heavy atom. The van der Waals surface area contributed by atoms with Crippen molar-refractivity contribution in [2.75, 3.05) is 13.2 Å². The number of allylic oxidation sites excluding steroid dienone is 10. The molecular weight excluding hydrogens is 817 g/mol. The maximum Gasteiger partial charge on any atom is 0.306 e. The van der Waals surface area contributed by atoms with Gasteiger partial charge < -0.3 is 14.2 Å². The smallest absolute Gasteiger partial charge is 0.306 e. The summed E-state index contributed by atoms with van der Waals surface area (Å²) < 4.78 is 16.8. The van der Waals surface area contributed by atoms with Gasteiger partial charge in [0.2, 0.25) is 0 Å². The summed E-state index contributed by atoms with van der Waals surface area (Å²) in [6, 6.07) is 0. The third-order valence-corrected chi connectivity index (χ3v) is 12.3. The fourth-order valence-electron chi connectivity index (χ4n) is 8.00. The molecule has 382 valence electrons. The Hall–Kier alpha value is -2.89. The zero-order valence-corrected chi connectivity index (χ0v) is 43.7. The van der Waals surface area contributed by atoms with E-state index in [2.05, 4.69) is 81.5 Å². The molecule has 0 fully saturated rings. The average Bonchev–Trinajstić information content (AvgIpc) is 3.31. The molecule has 0 aromatic carbocycles. The summed E-state index contributed by atoms with van der Waals surface area (Å²) in [5.74, 6) is -0.905. The van der Waals surface area contributed by atoms with Gasteiger partial charge in [-0.2, -0.15) is 0 Å². The van der Waals surface area contributed by atoms with Crippen molar-refractivity contribution in [3.8, 4) is 0 Å². The molecule has 6 heteroatoms. The monoisotopic (exact) mass is 923 g/mol. The number of esters is 3. The molecule has 0 aliphatic rings. The topological polar surface area (TPSA) is 78.9 Å². The van der Waals surface area contributed by atoms with Crippen molar-refractivity contribution >= 4 is 17.9 Å². The molecule has 6 nitrogen and oxygen atoms in total. The molecule has 1 unspecified atom stereocenters. The third kappa shape index (κ3) is 52.1. The van der Waals surface area contributed by atoms with Gasteiger partial charge in [-0.1, -0.05) is 248 Å². The Balaban J connectivity index is 4.36. The highest BCUT2D eigenvalue weighted by Gasteiger charge is 2.19. The molecule has 0 amide bonds. The van der Waals surface area contributed by atoms with Crippen molar-refractivity contribution in [2.45, 2.75) is 290 Å². The minimum atomic E-state index is -0.787. The van der Waals surface area contributed by atoms with Crippen LogP contribution in [0.2, 0.25) is 0 Å². The van der Waals surface area contributed by atoms with Crippen molar-refractivity contribution in [3.05, 3.63) is 60.8 Å². The van der Waals surface area contributed by atoms with Crippen LogP contribution in [0, 0.1) is 0 Å². The van der Waals surface area contributed by atoms with Crippen LogP contribution in [0.25, 0.3) is 0 Å². The zero-order valence-electron chi connectivity index (χ0n) is 43.7. The van der Waals surface area contributed by atoms with Crippen molar-refractivity contribution in [2.24, 2.45) is 0 Å². The summed E-state index contributed by atoms with van der Waals surface area (Å²) in [5, 5.41) is 0. The second-order valence-corrected chi connectivity index (χ2v) is 18.8. The minimum Gasteiger partial charge on any atom is -0.462 e. The van der Waals surface area contributed by atoms with Crippen LogP contribution in [-0.4, -0.2) is 37.2 Å². The molecule has 0 N–H and O–H groups in total. The number of carbonyl (C=O) groups is 3. The first-order valence-electron chi connectivity index (χ1n) is 28.3. The molecule has 0 aliphatic heterocycles. The summed E-state index contributed by atoms with van der Waals surface area (Å²) in [5.41, 5.74) is 0. The SMILES string of the molecule is CC/C=C\C/C=C\C/C=C\CCCCCCCC(=O)OC(COC(=O)CCCCCCC/C=C\C/C=C\CCCC)COC(=O)CCCCCCCCCCCCCCCCCCCCC. The Bertz CT molecular complexity index is 1200. The lowest BCUT2D eigenvalue weighted by atomic mass is 10.0. The van der Waals surface area contributed by atoms with E-state index in [9.17, 15) is 14.4 Å². The number of hydrogen-bond acceptors (Lipinski definition) is 6. The summed E-state index contributed by atoms with van der Waals surface area (Å²) in [6.45, 7) is 6.49. The van der Waals surface area contributed by atoms with Crippen LogP contribution in [0.5, 0.6) is 0 Å². The lowest BCUT2D eigenvalue weighted by Gasteiger charge is -2.18. The summed E-state index contributed by atoms with van der Waals surface area (Å²) >= 11 is 0. The summed E-state index contributed by atoms with van der Waals surface area (Å²) in [4.78, 5) is 38.1. The Morgan fingerprint density at radius 3 is 0.970 bits per heavy atom. The quantitative estimate of drug-likeness (QED) is 0.0262. The molecule has 66 heavy (non-hydrogen) atoms. The molecule has 0 spiro atoms. The average molecular weight is 924 g/mol. The second kappa shape index (κ2) is 54.7. The Morgan fingerprint density at radius 2 is 0.606 bits per heavy atom. The number of ether oxygens (including phenoxy) is 3. The molecule has 0 saturated carbocycles. The van der Waals surface area contributed by atoms with Crippen LogP contribution < -0.4 is 0 Å². The van der Waals surface area contributed by atoms with Gasteiger partial charge in [0.15, 0.2) is 6.10 Å². The van der Waals surface area contributed by atoms with Crippen LogP contribution in [0.1, 0.15) is 284 Å². The normalized spacial score (nSPS) is 12.5. The number of rotatable bonds is 51. The van der Waals surface area contributed by atoms with E-state index in [0.29, 0.717) is 19.3 Å². The maximum absolute atomic E-state index is 12.8. The molecule has 0 aliphatic carbocycles. The van der Waals surface area contributed by atoms with Crippen LogP contribution in [0.4, 0.5) is 0 Å². The zero-order chi connectivity index (χ0) is 47.9. The lowest BCUT2D eigenvalue weighted by molar-refractivity contribution is -0.167. The van der Waals surface area contributed by atoms with Gasteiger partial charge in [-0.15, -0.1) is 0 Å². The predicted molar refractivity (Wildman–Crippen MR) is 284 cm³/mol. The molecule has 1 atom stereocenters. The minimum absolute atomic E-state index is 0.0835. The van der Waals surface area contributed by atoms with E-state index in [1.54, 1.807) is 0 Å². The molecule has 0 radical (unpaired) electrons. The van der Waals surface area contributed by atoms with Gasteiger partial charge in [-0.3, -0.25) is 14.4 Å². The van der Waals surface area contributed by atoms with E-state index >= 15 is 0 Å². The van der Waals surface area contributed by atoms with Crippen LogP contribution >= 0.6 is 0 Å². The molecule has 0 aromatic rings. The highest BCUT2D eigenvalue weighted by Crippen LogP contribution is 2.16. The van der Waals surface area contributed by atoms with E-state index in [4.69, 9.17) is 14.2 Å². The van der Waals surface area contributed by atoms with Gasteiger partial charge in [0.05, 0.1) is 0 Å². The molecular formula is C60H106O6. The van der Waals surface area contributed by atoms with Crippen LogP contribution in [-0.2, 0) is 28.6 Å². The Labute approximate surface area is 409 Å². The highest BCUT2D eigenvalue weighted by molar-refractivity contribution is 5.71. The van der Waals surface area contributed by atoms with Crippen LogP contribution in [0.3, 0.4) is 0 Å². The largest absolute Gasteiger partial charge is 0.462 e. The van der Waals surface area contributed by atoms with Gasteiger partial charge in [-0.05, 0) is 77.0 Å². The van der Waals surface area contributed by atoms with Gasteiger partial charge in [0.25, 0.3) is 0 Å².